The summed E-state index contributed by atoms with van der Waals surface area (Å²) in [7, 11) is 0. The third kappa shape index (κ3) is 3.28. The van der Waals surface area contributed by atoms with Gasteiger partial charge in [0, 0.05) is 10.8 Å². The standard InChI is InChI=1S/C41H34/c1-25-18-20-32-33(22-25)38(27-19-21-29-28-13-9-11-17-35(28)41(4,5)36(29)24-27)30-14-7-8-15-31(30)39(32)37-23-26-12-6-10-16-34(26)40(37,2)3/h6-24H,1-5H3. The first-order valence-corrected chi connectivity index (χ1v) is 14.8. The van der Waals surface area contributed by atoms with Crippen LogP contribution in [0, 0.1) is 6.92 Å². The van der Waals surface area contributed by atoms with Crippen molar-refractivity contribution in [3.05, 3.63) is 143 Å². The normalized spacial score (nSPS) is 16.0. The lowest BCUT2D eigenvalue weighted by molar-refractivity contribution is 0.660. The Kier molecular flexibility index (Phi) is 4.94. The molecule has 198 valence electrons. The number of allylic oxidation sites excluding steroid dienone is 1. The molecule has 6 aromatic carbocycles. The zero-order valence-electron chi connectivity index (χ0n) is 24.5. The number of hydrogen-bond acceptors (Lipinski definition) is 0. The first-order chi connectivity index (χ1) is 19.8. The Morgan fingerprint density at radius 1 is 0.463 bits per heavy atom. The van der Waals surface area contributed by atoms with Crippen LogP contribution in [0.2, 0.25) is 0 Å². The van der Waals surface area contributed by atoms with Crippen molar-refractivity contribution >= 4 is 33.2 Å². The van der Waals surface area contributed by atoms with Crippen LogP contribution in [0.25, 0.3) is 55.4 Å². The molecule has 0 aliphatic heterocycles. The molecule has 0 unspecified atom stereocenters. The van der Waals surface area contributed by atoms with Crippen molar-refractivity contribution in [2.75, 3.05) is 0 Å². The highest BCUT2D eigenvalue weighted by Crippen LogP contribution is 2.53. The van der Waals surface area contributed by atoms with Crippen molar-refractivity contribution in [2.24, 2.45) is 0 Å². The first-order valence-electron chi connectivity index (χ1n) is 14.8. The lowest BCUT2D eigenvalue weighted by atomic mass is 9.75. The maximum Gasteiger partial charge on any atom is 0.0159 e. The molecule has 0 atom stereocenters. The van der Waals surface area contributed by atoms with Crippen LogP contribution in [0.15, 0.2) is 109 Å². The maximum atomic E-state index is 2.48. The van der Waals surface area contributed by atoms with Gasteiger partial charge in [0.05, 0.1) is 0 Å². The van der Waals surface area contributed by atoms with Crippen molar-refractivity contribution < 1.29 is 0 Å². The molecule has 0 spiro atoms. The van der Waals surface area contributed by atoms with Crippen LogP contribution >= 0.6 is 0 Å². The van der Waals surface area contributed by atoms with Crippen molar-refractivity contribution in [3.8, 4) is 22.3 Å². The monoisotopic (exact) mass is 526 g/mol. The second-order valence-corrected chi connectivity index (χ2v) is 13.0. The fourth-order valence-corrected chi connectivity index (χ4v) is 7.81. The highest BCUT2D eigenvalue weighted by molar-refractivity contribution is 6.21. The van der Waals surface area contributed by atoms with Gasteiger partial charge in [0.2, 0.25) is 0 Å². The van der Waals surface area contributed by atoms with Gasteiger partial charge in [0.25, 0.3) is 0 Å². The molecule has 0 N–H and O–H groups in total. The largest absolute Gasteiger partial charge is 0.0619 e. The minimum atomic E-state index is -0.0813. The third-order valence-corrected chi connectivity index (χ3v) is 9.93. The smallest absolute Gasteiger partial charge is 0.0159 e. The predicted molar refractivity (Wildman–Crippen MR) is 177 cm³/mol. The van der Waals surface area contributed by atoms with Crippen LogP contribution in [-0.4, -0.2) is 0 Å². The lowest BCUT2D eigenvalue weighted by Gasteiger charge is -2.28. The SMILES string of the molecule is Cc1ccc2c(C3=Cc4ccccc4C3(C)C)c3ccccc3c(-c3ccc4c(c3)C(C)(C)c3ccccc3-4)c2c1. The fourth-order valence-electron chi connectivity index (χ4n) is 7.81. The van der Waals surface area contributed by atoms with E-state index in [2.05, 4.69) is 150 Å². The molecule has 0 saturated heterocycles. The van der Waals surface area contributed by atoms with Crippen LogP contribution in [0.3, 0.4) is 0 Å². The minimum Gasteiger partial charge on any atom is -0.0619 e. The van der Waals surface area contributed by atoms with Crippen LogP contribution in [0.1, 0.15) is 61.1 Å². The number of aryl methyl sites for hydroxylation is 1. The average Bonchev–Trinajstić information content (AvgIpc) is 3.38. The van der Waals surface area contributed by atoms with E-state index in [-0.39, 0.29) is 10.8 Å². The lowest BCUT2D eigenvalue weighted by Crippen LogP contribution is -2.17. The molecule has 2 aliphatic rings. The van der Waals surface area contributed by atoms with Crippen molar-refractivity contribution in [3.63, 3.8) is 0 Å². The van der Waals surface area contributed by atoms with Gasteiger partial charge in [-0.1, -0.05) is 136 Å². The second-order valence-electron chi connectivity index (χ2n) is 13.0. The van der Waals surface area contributed by atoms with E-state index < -0.39 is 0 Å². The highest BCUT2D eigenvalue weighted by atomic mass is 14.4. The van der Waals surface area contributed by atoms with Gasteiger partial charge in [-0.15, -0.1) is 0 Å². The molecule has 0 bridgehead atoms. The summed E-state index contributed by atoms with van der Waals surface area (Å²) in [6.45, 7) is 11.7. The highest BCUT2D eigenvalue weighted by Gasteiger charge is 2.37. The number of benzene rings is 6. The van der Waals surface area contributed by atoms with Crippen LogP contribution in [-0.2, 0) is 10.8 Å². The number of hydrogen-bond donors (Lipinski definition) is 0. The molecule has 0 heterocycles. The van der Waals surface area contributed by atoms with Crippen LogP contribution in [0.4, 0.5) is 0 Å². The van der Waals surface area contributed by atoms with E-state index in [0.717, 1.165) is 0 Å². The summed E-state index contributed by atoms with van der Waals surface area (Å²) in [6.07, 6.45) is 2.44. The summed E-state index contributed by atoms with van der Waals surface area (Å²) < 4.78 is 0. The summed E-state index contributed by atoms with van der Waals surface area (Å²) in [6, 6.07) is 41.1. The van der Waals surface area contributed by atoms with Gasteiger partial charge in [0.1, 0.15) is 0 Å². The maximum absolute atomic E-state index is 2.48. The molecule has 2 aliphatic carbocycles. The zero-order chi connectivity index (χ0) is 28.1. The van der Waals surface area contributed by atoms with Gasteiger partial charge < -0.3 is 0 Å². The molecule has 6 aromatic rings. The summed E-state index contributed by atoms with van der Waals surface area (Å²) in [5.41, 5.74) is 14.9. The number of fused-ring (bicyclic) bond motifs is 6. The Hall–Kier alpha value is -4.42. The molecule has 0 amide bonds. The Bertz CT molecular complexity index is 2100. The molecular weight excluding hydrogens is 492 g/mol. The molecule has 0 aromatic heterocycles. The predicted octanol–water partition coefficient (Wildman–Crippen LogP) is 11.1. The summed E-state index contributed by atoms with van der Waals surface area (Å²) in [5, 5.41) is 5.31. The van der Waals surface area contributed by atoms with Crippen LogP contribution in [0.5, 0.6) is 0 Å². The zero-order valence-corrected chi connectivity index (χ0v) is 24.5. The average molecular weight is 527 g/mol. The van der Waals surface area contributed by atoms with E-state index in [0.29, 0.717) is 0 Å². The van der Waals surface area contributed by atoms with Gasteiger partial charge in [-0.3, -0.25) is 0 Å². The molecule has 0 saturated carbocycles. The van der Waals surface area contributed by atoms with Crippen LogP contribution < -0.4 is 0 Å². The number of rotatable bonds is 2. The Morgan fingerprint density at radius 3 is 1.88 bits per heavy atom. The molecule has 0 heteroatoms. The van der Waals surface area contributed by atoms with Crippen molar-refractivity contribution in [1.29, 1.82) is 0 Å². The Labute approximate surface area is 243 Å². The molecule has 0 nitrogen and oxygen atoms in total. The Balaban J connectivity index is 1.45. The molecule has 8 rings (SSSR count). The van der Waals surface area contributed by atoms with Gasteiger partial charge in [-0.2, -0.15) is 0 Å². The van der Waals surface area contributed by atoms with Crippen molar-refractivity contribution in [2.45, 2.75) is 45.4 Å². The molecule has 41 heavy (non-hydrogen) atoms. The molecule has 0 radical (unpaired) electrons. The van der Waals surface area contributed by atoms with E-state index in [1.54, 1.807) is 0 Å². The van der Waals surface area contributed by atoms with E-state index in [1.165, 1.54) is 82.8 Å². The minimum absolute atomic E-state index is 0.0339. The van der Waals surface area contributed by atoms with Gasteiger partial charge in [0.15, 0.2) is 0 Å². The van der Waals surface area contributed by atoms with E-state index >= 15 is 0 Å². The van der Waals surface area contributed by atoms with E-state index in [4.69, 9.17) is 0 Å². The van der Waals surface area contributed by atoms with Gasteiger partial charge >= 0.3 is 0 Å². The third-order valence-electron chi connectivity index (χ3n) is 9.93. The summed E-state index contributed by atoms with van der Waals surface area (Å²) in [5.74, 6) is 0. The molecular formula is C41H34. The topological polar surface area (TPSA) is 0 Å². The summed E-state index contributed by atoms with van der Waals surface area (Å²) >= 11 is 0. The molecule has 0 fully saturated rings. The quantitative estimate of drug-likeness (QED) is 0.197. The van der Waals surface area contributed by atoms with Crippen molar-refractivity contribution in [1.82, 2.24) is 0 Å². The second kappa shape index (κ2) is 8.30. The summed E-state index contributed by atoms with van der Waals surface area (Å²) in [4.78, 5) is 0. The van der Waals surface area contributed by atoms with E-state index in [9.17, 15) is 0 Å². The Morgan fingerprint density at radius 2 is 1.10 bits per heavy atom. The van der Waals surface area contributed by atoms with E-state index in [1.807, 2.05) is 0 Å². The van der Waals surface area contributed by atoms with Gasteiger partial charge in [-0.25, -0.2) is 0 Å². The first kappa shape index (κ1) is 24.4. The van der Waals surface area contributed by atoms with Gasteiger partial charge in [-0.05, 0) is 96.3 Å². The fraction of sp³-hybridized carbons (Fsp3) is 0.171.